The molecule has 1 rings (SSSR count). The van der Waals surface area contributed by atoms with Crippen LogP contribution in [0, 0.1) is 0 Å². The standard InChI is InChI=1S/C5H8O4/c1-5(7)3-8-4(6)2-9-5/h7H,2-3H2,1H3. The summed E-state index contributed by atoms with van der Waals surface area (Å²) in [5.74, 6) is -1.71. The molecule has 0 spiro atoms. The first-order valence-corrected chi connectivity index (χ1v) is 2.62. The van der Waals surface area contributed by atoms with E-state index in [1.165, 1.54) is 6.92 Å². The van der Waals surface area contributed by atoms with Gasteiger partial charge in [0, 0.05) is 0 Å². The summed E-state index contributed by atoms with van der Waals surface area (Å²) in [6.07, 6.45) is 0. The Morgan fingerprint density at radius 2 is 2.44 bits per heavy atom. The fourth-order valence-electron chi connectivity index (χ4n) is 0.512. The Balaban J connectivity index is 2.44. The van der Waals surface area contributed by atoms with Crippen LogP contribution in [0.15, 0.2) is 0 Å². The molecule has 4 nitrogen and oxygen atoms in total. The summed E-state index contributed by atoms with van der Waals surface area (Å²) in [5.41, 5.74) is 0. The lowest BCUT2D eigenvalue weighted by Crippen LogP contribution is -2.42. The molecular formula is C5H8O4. The van der Waals surface area contributed by atoms with Gasteiger partial charge in [0.05, 0.1) is 0 Å². The molecule has 1 atom stereocenters. The fraction of sp³-hybridized carbons (Fsp3) is 0.800. The Morgan fingerprint density at radius 1 is 1.78 bits per heavy atom. The Bertz CT molecular complexity index is 117. The van der Waals surface area contributed by atoms with E-state index in [0.717, 1.165) is 0 Å². The summed E-state index contributed by atoms with van der Waals surface area (Å²) >= 11 is 0. The van der Waals surface area contributed by atoms with Gasteiger partial charge >= 0.3 is 5.97 Å². The van der Waals surface area contributed by atoms with Crippen LogP contribution in [0.3, 0.4) is 0 Å². The lowest BCUT2D eigenvalue weighted by Gasteiger charge is -2.26. The second kappa shape index (κ2) is 1.97. The Labute approximate surface area is 52.4 Å². The van der Waals surface area contributed by atoms with Gasteiger partial charge in [-0.05, 0) is 6.92 Å². The van der Waals surface area contributed by atoms with Gasteiger partial charge in [-0.3, -0.25) is 0 Å². The number of hydrogen-bond donors (Lipinski definition) is 1. The Hall–Kier alpha value is -0.610. The molecule has 52 valence electrons. The number of esters is 1. The van der Waals surface area contributed by atoms with Gasteiger partial charge in [-0.1, -0.05) is 0 Å². The van der Waals surface area contributed by atoms with Crippen molar-refractivity contribution in [2.24, 2.45) is 0 Å². The second-order valence-corrected chi connectivity index (χ2v) is 2.12. The smallest absolute Gasteiger partial charge is 0.332 e. The largest absolute Gasteiger partial charge is 0.458 e. The molecule has 1 fully saturated rings. The molecule has 0 aromatic heterocycles. The first-order valence-electron chi connectivity index (χ1n) is 2.62. The van der Waals surface area contributed by atoms with Gasteiger partial charge in [0.2, 0.25) is 0 Å². The van der Waals surface area contributed by atoms with Crippen molar-refractivity contribution < 1.29 is 19.4 Å². The normalized spacial score (nSPS) is 36.0. The molecule has 1 heterocycles. The van der Waals surface area contributed by atoms with Crippen LogP contribution in [0.4, 0.5) is 0 Å². The topological polar surface area (TPSA) is 55.8 Å². The van der Waals surface area contributed by atoms with E-state index in [2.05, 4.69) is 9.47 Å². The number of carbonyl (C=O) groups is 1. The summed E-state index contributed by atoms with van der Waals surface area (Å²) in [6, 6.07) is 0. The van der Waals surface area contributed by atoms with Crippen molar-refractivity contribution in [1.29, 1.82) is 0 Å². The maximum Gasteiger partial charge on any atom is 0.332 e. The van der Waals surface area contributed by atoms with Crippen molar-refractivity contribution in [2.45, 2.75) is 12.7 Å². The lowest BCUT2D eigenvalue weighted by atomic mass is 10.3. The molecular weight excluding hydrogens is 124 g/mol. The highest BCUT2D eigenvalue weighted by Crippen LogP contribution is 2.10. The van der Waals surface area contributed by atoms with Crippen LogP contribution < -0.4 is 0 Å². The molecule has 9 heavy (non-hydrogen) atoms. The molecule has 1 N–H and O–H groups in total. The highest BCUT2D eigenvalue weighted by atomic mass is 16.7. The minimum atomic E-state index is -1.28. The molecule has 0 aliphatic carbocycles. The predicted octanol–water partition coefficient (Wildman–Crippen LogP) is -0.732. The number of carbonyl (C=O) groups excluding carboxylic acids is 1. The van der Waals surface area contributed by atoms with Gasteiger partial charge in [-0.2, -0.15) is 0 Å². The van der Waals surface area contributed by atoms with Crippen molar-refractivity contribution in [3.8, 4) is 0 Å². The van der Waals surface area contributed by atoms with E-state index in [9.17, 15) is 4.79 Å². The van der Waals surface area contributed by atoms with Crippen molar-refractivity contribution in [2.75, 3.05) is 13.2 Å². The summed E-state index contributed by atoms with van der Waals surface area (Å²) in [5, 5.41) is 8.99. The number of ether oxygens (including phenoxy) is 2. The minimum absolute atomic E-state index is 0.0775. The van der Waals surface area contributed by atoms with Gasteiger partial charge in [0.1, 0.15) is 13.2 Å². The first-order chi connectivity index (χ1) is 4.10. The molecule has 1 unspecified atom stereocenters. The molecule has 0 aromatic rings. The van der Waals surface area contributed by atoms with E-state index in [0.29, 0.717) is 0 Å². The molecule has 0 radical (unpaired) electrons. The van der Waals surface area contributed by atoms with E-state index >= 15 is 0 Å². The van der Waals surface area contributed by atoms with Crippen LogP contribution in [0.2, 0.25) is 0 Å². The van der Waals surface area contributed by atoms with Crippen LogP contribution in [-0.2, 0) is 14.3 Å². The highest BCUT2D eigenvalue weighted by Gasteiger charge is 2.29. The molecule has 0 amide bonds. The number of rotatable bonds is 0. The zero-order valence-electron chi connectivity index (χ0n) is 5.09. The lowest BCUT2D eigenvalue weighted by molar-refractivity contribution is -0.249. The van der Waals surface area contributed by atoms with Crippen LogP contribution in [0.1, 0.15) is 6.92 Å². The van der Waals surface area contributed by atoms with Crippen molar-refractivity contribution >= 4 is 5.97 Å². The molecule has 4 heteroatoms. The Kier molecular flexibility index (Phi) is 1.42. The third-order valence-electron chi connectivity index (χ3n) is 1.00. The zero-order chi connectivity index (χ0) is 6.91. The van der Waals surface area contributed by atoms with E-state index < -0.39 is 11.8 Å². The monoisotopic (exact) mass is 132 g/mol. The Morgan fingerprint density at radius 3 is 2.78 bits per heavy atom. The minimum Gasteiger partial charge on any atom is -0.458 e. The summed E-state index contributed by atoms with van der Waals surface area (Å²) in [4.78, 5) is 10.3. The summed E-state index contributed by atoms with van der Waals surface area (Å²) in [7, 11) is 0. The van der Waals surface area contributed by atoms with E-state index in [4.69, 9.17) is 5.11 Å². The third-order valence-corrected chi connectivity index (χ3v) is 1.00. The number of hydrogen-bond acceptors (Lipinski definition) is 4. The highest BCUT2D eigenvalue weighted by molar-refractivity contribution is 5.71. The number of cyclic esters (lactones) is 1. The fourth-order valence-corrected chi connectivity index (χ4v) is 0.512. The van der Waals surface area contributed by atoms with Gasteiger partial charge in [0.25, 0.3) is 0 Å². The van der Waals surface area contributed by atoms with Crippen molar-refractivity contribution in [3.05, 3.63) is 0 Å². The predicted molar refractivity (Wildman–Crippen MR) is 27.5 cm³/mol. The van der Waals surface area contributed by atoms with Crippen LogP contribution in [0.5, 0.6) is 0 Å². The van der Waals surface area contributed by atoms with E-state index in [1.807, 2.05) is 0 Å². The van der Waals surface area contributed by atoms with Crippen LogP contribution in [0.25, 0.3) is 0 Å². The maximum absolute atomic E-state index is 10.3. The molecule has 0 aromatic carbocycles. The zero-order valence-corrected chi connectivity index (χ0v) is 5.09. The van der Waals surface area contributed by atoms with Gasteiger partial charge in [-0.15, -0.1) is 0 Å². The summed E-state index contributed by atoms with van der Waals surface area (Å²) in [6.45, 7) is 1.21. The third kappa shape index (κ3) is 1.65. The van der Waals surface area contributed by atoms with Gasteiger partial charge in [0.15, 0.2) is 5.79 Å². The van der Waals surface area contributed by atoms with E-state index in [1.54, 1.807) is 0 Å². The van der Waals surface area contributed by atoms with E-state index in [-0.39, 0.29) is 13.2 Å². The molecule has 1 saturated heterocycles. The second-order valence-electron chi connectivity index (χ2n) is 2.12. The first kappa shape index (κ1) is 6.51. The van der Waals surface area contributed by atoms with Gasteiger partial charge < -0.3 is 14.6 Å². The average molecular weight is 132 g/mol. The summed E-state index contributed by atoms with van der Waals surface area (Å²) < 4.78 is 9.14. The van der Waals surface area contributed by atoms with Crippen LogP contribution in [-0.4, -0.2) is 30.1 Å². The maximum atomic E-state index is 10.3. The molecule has 0 saturated carbocycles. The number of aliphatic hydroxyl groups is 1. The van der Waals surface area contributed by atoms with Crippen molar-refractivity contribution in [1.82, 2.24) is 0 Å². The quantitative estimate of drug-likeness (QED) is 0.441. The van der Waals surface area contributed by atoms with Crippen LogP contribution >= 0.6 is 0 Å². The molecule has 1 aliphatic rings. The molecule has 0 bridgehead atoms. The SMILES string of the molecule is CC1(O)COC(=O)CO1. The average Bonchev–Trinajstić information content (AvgIpc) is 1.78. The van der Waals surface area contributed by atoms with Crippen molar-refractivity contribution in [3.63, 3.8) is 0 Å². The van der Waals surface area contributed by atoms with Gasteiger partial charge in [-0.25, -0.2) is 4.79 Å². The molecule has 1 aliphatic heterocycles.